The third-order valence-electron chi connectivity index (χ3n) is 4.55. The predicted molar refractivity (Wildman–Crippen MR) is 82.1 cm³/mol. The molecular formula is C14H22N4OS. The summed E-state index contributed by atoms with van der Waals surface area (Å²) in [5, 5.41) is 7.09. The largest absolute Gasteiger partial charge is 0.382 e. The Bertz CT molecular complexity index is 500. The van der Waals surface area contributed by atoms with Crippen LogP contribution in [-0.2, 0) is 0 Å². The molecule has 2 aliphatic rings. The van der Waals surface area contributed by atoms with E-state index in [0.717, 1.165) is 18.1 Å². The van der Waals surface area contributed by atoms with Crippen molar-refractivity contribution in [3.05, 3.63) is 4.88 Å². The number of nitrogens with one attached hydrogen (secondary N) is 2. The second-order valence-electron chi connectivity index (χ2n) is 6.04. The van der Waals surface area contributed by atoms with Crippen LogP contribution >= 0.6 is 11.3 Å². The molecule has 0 spiro atoms. The van der Waals surface area contributed by atoms with Crippen molar-refractivity contribution in [2.24, 2.45) is 5.41 Å². The molecule has 1 heterocycles. The van der Waals surface area contributed by atoms with Crippen LogP contribution in [-0.4, -0.2) is 23.5 Å². The van der Waals surface area contributed by atoms with Gasteiger partial charge in [-0.05, 0) is 37.5 Å². The van der Waals surface area contributed by atoms with Gasteiger partial charge in [0.2, 0.25) is 0 Å². The van der Waals surface area contributed by atoms with Gasteiger partial charge in [0.15, 0.2) is 5.13 Å². The van der Waals surface area contributed by atoms with Gasteiger partial charge in [-0.2, -0.15) is 0 Å². The third-order valence-corrected chi connectivity index (χ3v) is 5.55. The molecule has 5 nitrogen and oxygen atoms in total. The molecule has 3 rings (SSSR count). The van der Waals surface area contributed by atoms with Gasteiger partial charge in [-0.25, -0.2) is 4.98 Å². The molecule has 6 heteroatoms. The average Bonchev–Trinajstić information content (AvgIpc) is 3.11. The number of hydrogen-bond acceptors (Lipinski definition) is 5. The highest BCUT2D eigenvalue weighted by atomic mass is 32.1. The van der Waals surface area contributed by atoms with Crippen molar-refractivity contribution in [3.8, 4) is 0 Å². The maximum absolute atomic E-state index is 12.2. The summed E-state index contributed by atoms with van der Waals surface area (Å²) in [7, 11) is 0. The van der Waals surface area contributed by atoms with Crippen molar-refractivity contribution >= 4 is 28.2 Å². The minimum absolute atomic E-state index is 0.0800. The van der Waals surface area contributed by atoms with E-state index >= 15 is 0 Å². The number of thiazole rings is 1. The van der Waals surface area contributed by atoms with Crippen molar-refractivity contribution in [2.75, 3.05) is 17.6 Å². The average molecular weight is 294 g/mol. The fourth-order valence-corrected chi connectivity index (χ4v) is 3.52. The van der Waals surface area contributed by atoms with Crippen LogP contribution < -0.4 is 16.4 Å². The number of rotatable bonds is 6. The molecular weight excluding hydrogens is 272 g/mol. The van der Waals surface area contributed by atoms with E-state index in [4.69, 9.17) is 5.73 Å². The van der Waals surface area contributed by atoms with Crippen molar-refractivity contribution < 1.29 is 4.79 Å². The van der Waals surface area contributed by atoms with Gasteiger partial charge >= 0.3 is 0 Å². The lowest BCUT2D eigenvalue weighted by molar-refractivity contribution is 0.0854. The van der Waals surface area contributed by atoms with Crippen molar-refractivity contribution in [1.82, 2.24) is 10.3 Å². The Morgan fingerprint density at radius 3 is 2.80 bits per heavy atom. The minimum atomic E-state index is -0.0800. The molecule has 2 aliphatic carbocycles. The van der Waals surface area contributed by atoms with Crippen LogP contribution in [0.4, 0.5) is 10.9 Å². The molecule has 0 radical (unpaired) electrons. The van der Waals surface area contributed by atoms with Gasteiger partial charge in [-0.15, -0.1) is 0 Å². The second-order valence-corrected chi connectivity index (χ2v) is 7.04. The van der Waals surface area contributed by atoms with Gasteiger partial charge in [0.05, 0.1) is 0 Å². The lowest BCUT2D eigenvalue weighted by Gasteiger charge is -2.41. The first-order chi connectivity index (χ1) is 9.62. The molecule has 4 N–H and O–H groups in total. The summed E-state index contributed by atoms with van der Waals surface area (Å²) in [4.78, 5) is 17.0. The van der Waals surface area contributed by atoms with E-state index in [-0.39, 0.29) is 5.91 Å². The molecule has 1 amide bonds. The highest BCUT2D eigenvalue weighted by molar-refractivity contribution is 7.18. The highest BCUT2D eigenvalue weighted by Gasteiger charge is 2.35. The lowest BCUT2D eigenvalue weighted by atomic mass is 9.67. The van der Waals surface area contributed by atoms with Crippen LogP contribution in [0.5, 0.6) is 0 Å². The smallest absolute Gasteiger partial charge is 0.265 e. The van der Waals surface area contributed by atoms with Gasteiger partial charge in [0, 0.05) is 12.6 Å². The SMILES string of the molecule is CCC1(CNC(=O)c2sc(NC3CC3)nc2N)CCC1. The van der Waals surface area contributed by atoms with E-state index in [9.17, 15) is 4.79 Å². The van der Waals surface area contributed by atoms with Gasteiger partial charge in [0.1, 0.15) is 10.7 Å². The first-order valence-corrected chi connectivity index (χ1v) is 8.24. The number of anilines is 2. The normalized spacial score (nSPS) is 20.2. The number of nitrogens with two attached hydrogens (primary N) is 1. The first-order valence-electron chi connectivity index (χ1n) is 7.43. The summed E-state index contributed by atoms with van der Waals surface area (Å²) in [6.07, 6.45) is 7.20. The zero-order chi connectivity index (χ0) is 14.2. The molecule has 2 fully saturated rings. The summed E-state index contributed by atoms with van der Waals surface area (Å²) >= 11 is 1.36. The molecule has 110 valence electrons. The highest BCUT2D eigenvalue weighted by Crippen LogP contribution is 2.43. The van der Waals surface area contributed by atoms with Crippen LogP contribution in [0.15, 0.2) is 0 Å². The summed E-state index contributed by atoms with van der Waals surface area (Å²) in [6.45, 7) is 2.95. The summed E-state index contributed by atoms with van der Waals surface area (Å²) in [5.41, 5.74) is 6.18. The fraction of sp³-hybridized carbons (Fsp3) is 0.714. The number of nitrogen functional groups attached to an aromatic ring is 1. The van der Waals surface area contributed by atoms with E-state index in [1.165, 1.54) is 43.4 Å². The minimum Gasteiger partial charge on any atom is -0.382 e. The van der Waals surface area contributed by atoms with E-state index in [2.05, 4.69) is 22.5 Å². The van der Waals surface area contributed by atoms with Crippen molar-refractivity contribution in [3.63, 3.8) is 0 Å². The maximum Gasteiger partial charge on any atom is 0.265 e. The molecule has 1 aromatic rings. The van der Waals surface area contributed by atoms with E-state index in [1.807, 2.05) is 0 Å². The third kappa shape index (κ3) is 2.75. The van der Waals surface area contributed by atoms with Crippen molar-refractivity contribution in [2.45, 2.75) is 51.5 Å². The molecule has 0 aliphatic heterocycles. The first kappa shape index (κ1) is 13.7. The number of nitrogens with zero attached hydrogens (tertiary/aromatic N) is 1. The van der Waals surface area contributed by atoms with Gasteiger partial charge in [0.25, 0.3) is 5.91 Å². The molecule has 2 saturated carbocycles. The van der Waals surface area contributed by atoms with Gasteiger partial charge in [-0.1, -0.05) is 24.7 Å². The molecule has 0 saturated heterocycles. The molecule has 20 heavy (non-hydrogen) atoms. The Hall–Kier alpha value is -1.30. The Morgan fingerprint density at radius 1 is 1.50 bits per heavy atom. The van der Waals surface area contributed by atoms with Crippen LogP contribution in [0.3, 0.4) is 0 Å². The maximum atomic E-state index is 12.2. The number of amides is 1. The molecule has 0 bridgehead atoms. The van der Waals surface area contributed by atoms with Crippen LogP contribution in [0.1, 0.15) is 55.1 Å². The standard InChI is InChI=1S/C14H22N4OS/c1-2-14(6-3-7-14)8-16-12(19)10-11(15)18-13(20-10)17-9-4-5-9/h9H,2-8,15H2,1H3,(H,16,19)(H,17,18). The quantitative estimate of drug-likeness (QED) is 0.753. The van der Waals surface area contributed by atoms with Gasteiger partial charge in [-0.3, -0.25) is 4.79 Å². The second kappa shape index (κ2) is 5.24. The Balaban J connectivity index is 1.59. The number of aromatic nitrogens is 1. The molecule has 0 atom stereocenters. The molecule has 1 aromatic heterocycles. The van der Waals surface area contributed by atoms with Crippen LogP contribution in [0.2, 0.25) is 0 Å². The Labute approximate surface area is 123 Å². The Morgan fingerprint density at radius 2 is 2.25 bits per heavy atom. The lowest BCUT2D eigenvalue weighted by Crippen LogP contribution is -2.41. The summed E-state index contributed by atoms with van der Waals surface area (Å²) < 4.78 is 0. The van der Waals surface area contributed by atoms with Crippen LogP contribution in [0.25, 0.3) is 0 Å². The zero-order valence-electron chi connectivity index (χ0n) is 11.9. The topological polar surface area (TPSA) is 80.0 Å². The monoisotopic (exact) mass is 294 g/mol. The number of carbonyl (C=O) groups is 1. The summed E-state index contributed by atoms with van der Waals surface area (Å²) in [6, 6.07) is 0.523. The van der Waals surface area contributed by atoms with Crippen LogP contribution in [0, 0.1) is 5.41 Å². The number of hydrogen-bond donors (Lipinski definition) is 3. The molecule has 0 aromatic carbocycles. The van der Waals surface area contributed by atoms with Gasteiger partial charge < -0.3 is 16.4 Å². The Kier molecular flexibility index (Phi) is 3.58. The molecule has 0 unspecified atom stereocenters. The van der Waals surface area contributed by atoms with E-state index in [1.54, 1.807) is 0 Å². The van der Waals surface area contributed by atoms with Crippen molar-refractivity contribution in [1.29, 1.82) is 0 Å². The number of carbonyl (C=O) groups excluding carboxylic acids is 1. The van der Waals surface area contributed by atoms with E-state index < -0.39 is 0 Å². The van der Waals surface area contributed by atoms with E-state index in [0.29, 0.717) is 22.2 Å². The predicted octanol–water partition coefficient (Wildman–Crippen LogP) is 2.61. The summed E-state index contributed by atoms with van der Waals surface area (Å²) in [5.74, 6) is 0.262. The zero-order valence-corrected chi connectivity index (χ0v) is 12.7. The fourth-order valence-electron chi connectivity index (χ4n) is 2.64.